The van der Waals surface area contributed by atoms with E-state index < -0.39 is 29.6 Å². The van der Waals surface area contributed by atoms with Gasteiger partial charge in [0, 0.05) is 19.2 Å². The highest BCUT2D eigenvalue weighted by atomic mass is 16.6. The van der Waals surface area contributed by atoms with Crippen molar-refractivity contribution in [2.45, 2.75) is 19.3 Å². The van der Waals surface area contributed by atoms with Crippen LogP contribution in [0.4, 0.5) is 0 Å². The van der Waals surface area contributed by atoms with Crippen molar-refractivity contribution >= 4 is 5.97 Å². The van der Waals surface area contributed by atoms with E-state index in [2.05, 4.69) is 4.98 Å². The lowest BCUT2D eigenvalue weighted by atomic mass is 10.4. The van der Waals surface area contributed by atoms with E-state index in [-0.39, 0.29) is 6.61 Å². The molecule has 7 heteroatoms. The maximum absolute atomic E-state index is 11.5. The van der Waals surface area contributed by atoms with Crippen molar-refractivity contribution in [2.75, 3.05) is 6.61 Å². The first-order valence-corrected chi connectivity index (χ1v) is 5.35. The Kier molecular flexibility index (Phi) is 3.42. The van der Waals surface area contributed by atoms with Crippen molar-refractivity contribution in [3.8, 4) is 0 Å². The second kappa shape index (κ2) is 5.01. The van der Waals surface area contributed by atoms with Gasteiger partial charge in [-0.3, -0.25) is 19.1 Å². The molecule has 1 aromatic rings. The highest BCUT2D eigenvalue weighted by Gasteiger charge is 2.22. The second-order valence-electron chi connectivity index (χ2n) is 3.77. The van der Waals surface area contributed by atoms with Crippen LogP contribution in [0.25, 0.3) is 0 Å². The molecular formula is C11H12N2O5. The van der Waals surface area contributed by atoms with Gasteiger partial charge in [0.1, 0.15) is 12.7 Å². The predicted octanol–water partition coefficient (Wildman–Crippen LogP) is -0.447. The van der Waals surface area contributed by atoms with Gasteiger partial charge in [-0.25, -0.2) is 4.79 Å². The average molecular weight is 252 g/mol. The van der Waals surface area contributed by atoms with Crippen LogP contribution in [-0.4, -0.2) is 28.2 Å². The monoisotopic (exact) mass is 252 g/mol. The minimum Gasteiger partial charge on any atom is -0.463 e. The maximum Gasteiger partial charge on any atom is 0.330 e. The molecule has 0 amide bonds. The van der Waals surface area contributed by atoms with Crippen LogP contribution in [0.1, 0.15) is 13.2 Å². The molecule has 1 aromatic heterocycles. The highest BCUT2D eigenvalue weighted by Crippen LogP contribution is 2.19. The van der Waals surface area contributed by atoms with E-state index in [0.717, 1.165) is 0 Å². The fourth-order valence-corrected chi connectivity index (χ4v) is 1.57. The molecule has 96 valence electrons. The molecule has 0 saturated carbocycles. The fraction of sp³-hybridized carbons (Fsp3) is 0.364. The van der Waals surface area contributed by atoms with Crippen LogP contribution in [-0.2, 0) is 14.3 Å². The molecule has 2 rings (SSSR count). The molecule has 2 heterocycles. The third-order valence-electron chi connectivity index (χ3n) is 2.38. The van der Waals surface area contributed by atoms with E-state index >= 15 is 0 Å². The molecule has 0 saturated heterocycles. The average Bonchev–Trinajstić information content (AvgIpc) is 2.75. The molecule has 0 spiro atoms. The molecule has 0 aromatic carbocycles. The summed E-state index contributed by atoms with van der Waals surface area (Å²) in [5, 5.41) is 0. The Balaban J connectivity index is 2.05. The number of hydrogen-bond donors (Lipinski definition) is 1. The van der Waals surface area contributed by atoms with Gasteiger partial charge in [0.05, 0.1) is 0 Å². The Morgan fingerprint density at radius 3 is 2.94 bits per heavy atom. The SMILES string of the molecule is CC(=O)OC[C@H]1C=C[C@@H](n2ccc(=O)[nH]c2=O)O1. The molecule has 1 N–H and O–H groups in total. The Labute approximate surface area is 102 Å². The van der Waals surface area contributed by atoms with E-state index in [9.17, 15) is 14.4 Å². The Morgan fingerprint density at radius 1 is 1.50 bits per heavy atom. The molecule has 0 unspecified atom stereocenters. The summed E-state index contributed by atoms with van der Waals surface area (Å²) in [6, 6.07) is 1.23. The van der Waals surface area contributed by atoms with E-state index in [0.29, 0.717) is 0 Å². The largest absolute Gasteiger partial charge is 0.463 e. The number of H-pyrrole nitrogens is 1. The third-order valence-corrected chi connectivity index (χ3v) is 2.38. The highest BCUT2D eigenvalue weighted by molar-refractivity contribution is 5.65. The molecular weight excluding hydrogens is 240 g/mol. The topological polar surface area (TPSA) is 90.4 Å². The number of carbonyl (C=O) groups excluding carboxylic acids is 1. The number of carbonyl (C=O) groups is 1. The summed E-state index contributed by atoms with van der Waals surface area (Å²) in [6.45, 7) is 1.41. The third kappa shape index (κ3) is 2.75. The molecule has 0 radical (unpaired) electrons. The standard InChI is InChI=1S/C11H12N2O5/c1-7(14)17-6-8-2-3-10(18-8)13-5-4-9(15)12-11(13)16/h2-5,8,10H,6H2,1H3,(H,12,15,16)/t8-,10+/m1/s1. The summed E-state index contributed by atoms with van der Waals surface area (Å²) in [5.74, 6) is -0.392. The Bertz CT molecular complexity index is 586. The zero-order valence-corrected chi connectivity index (χ0v) is 9.66. The molecule has 2 atom stereocenters. The Morgan fingerprint density at radius 2 is 2.28 bits per heavy atom. The van der Waals surface area contributed by atoms with Crippen LogP contribution in [0.15, 0.2) is 34.0 Å². The van der Waals surface area contributed by atoms with Gasteiger partial charge in [-0.15, -0.1) is 0 Å². The first-order chi connectivity index (χ1) is 8.56. The van der Waals surface area contributed by atoms with E-state index in [1.54, 1.807) is 12.2 Å². The summed E-state index contributed by atoms with van der Waals surface area (Å²) < 4.78 is 11.5. The second-order valence-corrected chi connectivity index (χ2v) is 3.77. The van der Waals surface area contributed by atoms with Gasteiger partial charge in [0.2, 0.25) is 0 Å². The zero-order valence-electron chi connectivity index (χ0n) is 9.66. The van der Waals surface area contributed by atoms with Gasteiger partial charge < -0.3 is 9.47 Å². The van der Waals surface area contributed by atoms with Crippen molar-refractivity contribution in [1.29, 1.82) is 0 Å². The van der Waals surface area contributed by atoms with Gasteiger partial charge in [-0.05, 0) is 6.08 Å². The lowest BCUT2D eigenvalue weighted by molar-refractivity contribution is -0.145. The smallest absolute Gasteiger partial charge is 0.330 e. The van der Waals surface area contributed by atoms with Crippen LogP contribution in [0, 0.1) is 0 Å². The van der Waals surface area contributed by atoms with E-state index in [4.69, 9.17) is 9.47 Å². The number of nitrogens with one attached hydrogen (secondary N) is 1. The number of esters is 1. The lowest BCUT2D eigenvalue weighted by Gasteiger charge is -2.15. The van der Waals surface area contributed by atoms with Gasteiger partial charge in [0.15, 0.2) is 6.23 Å². The van der Waals surface area contributed by atoms with Crippen molar-refractivity contribution < 1.29 is 14.3 Å². The minimum absolute atomic E-state index is 0.0977. The molecule has 0 fully saturated rings. The molecule has 7 nitrogen and oxygen atoms in total. The molecule has 0 aliphatic carbocycles. The number of aromatic nitrogens is 2. The maximum atomic E-state index is 11.5. The van der Waals surface area contributed by atoms with E-state index in [1.807, 2.05) is 0 Å². The molecule has 18 heavy (non-hydrogen) atoms. The fourth-order valence-electron chi connectivity index (χ4n) is 1.57. The van der Waals surface area contributed by atoms with Crippen LogP contribution < -0.4 is 11.2 Å². The zero-order chi connectivity index (χ0) is 13.1. The first kappa shape index (κ1) is 12.3. The summed E-state index contributed by atoms with van der Waals surface area (Å²) in [4.78, 5) is 35.2. The molecule has 1 aliphatic heterocycles. The van der Waals surface area contributed by atoms with Crippen LogP contribution >= 0.6 is 0 Å². The van der Waals surface area contributed by atoms with Gasteiger partial charge >= 0.3 is 11.7 Å². The first-order valence-electron chi connectivity index (χ1n) is 5.35. The van der Waals surface area contributed by atoms with Crippen molar-refractivity contribution in [1.82, 2.24) is 9.55 Å². The summed E-state index contributed by atoms with van der Waals surface area (Å²) in [5.41, 5.74) is -1.01. The van der Waals surface area contributed by atoms with Gasteiger partial charge in [0.25, 0.3) is 5.56 Å². The van der Waals surface area contributed by atoms with Gasteiger partial charge in [-0.2, -0.15) is 0 Å². The lowest BCUT2D eigenvalue weighted by Crippen LogP contribution is -2.32. The van der Waals surface area contributed by atoms with E-state index in [1.165, 1.54) is 23.8 Å². The number of ether oxygens (including phenoxy) is 2. The minimum atomic E-state index is -0.602. The summed E-state index contributed by atoms with van der Waals surface area (Å²) in [7, 11) is 0. The van der Waals surface area contributed by atoms with Gasteiger partial charge in [-0.1, -0.05) is 6.08 Å². The Hall–Kier alpha value is -2.15. The van der Waals surface area contributed by atoms with Crippen molar-refractivity contribution in [3.05, 3.63) is 45.3 Å². The molecule has 1 aliphatic rings. The number of nitrogens with zero attached hydrogens (tertiary/aromatic N) is 1. The molecule has 0 bridgehead atoms. The normalized spacial score (nSPS) is 22.1. The predicted molar refractivity (Wildman–Crippen MR) is 61.0 cm³/mol. The number of hydrogen-bond acceptors (Lipinski definition) is 5. The summed E-state index contributed by atoms with van der Waals surface area (Å²) >= 11 is 0. The van der Waals surface area contributed by atoms with Crippen LogP contribution in [0.5, 0.6) is 0 Å². The van der Waals surface area contributed by atoms with Crippen LogP contribution in [0.3, 0.4) is 0 Å². The van der Waals surface area contributed by atoms with Crippen molar-refractivity contribution in [3.63, 3.8) is 0 Å². The number of rotatable bonds is 3. The summed E-state index contributed by atoms with van der Waals surface area (Å²) in [6.07, 6.45) is 3.72. The number of aromatic amines is 1. The van der Waals surface area contributed by atoms with Crippen LogP contribution in [0.2, 0.25) is 0 Å². The quantitative estimate of drug-likeness (QED) is 0.581. The van der Waals surface area contributed by atoms with Crippen molar-refractivity contribution in [2.24, 2.45) is 0 Å².